The second kappa shape index (κ2) is 3.81. The standard InChI is InChI=1S/C7H5Cl2FN2O/c8-4-2-1-3(7(11)12-13)6(10)5(4)9/h1-2,13H,(H2,11,12). The number of benzene rings is 1. The molecule has 0 unspecified atom stereocenters. The molecule has 3 nitrogen and oxygen atoms in total. The number of nitrogens with zero attached hydrogens (tertiary/aromatic N) is 1. The second-order valence-corrected chi connectivity index (χ2v) is 2.99. The molecule has 0 spiro atoms. The predicted molar refractivity (Wildman–Crippen MR) is 48.9 cm³/mol. The van der Waals surface area contributed by atoms with E-state index in [1.165, 1.54) is 12.1 Å². The highest BCUT2D eigenvalue weighted by atomic mass is 35.5. The van der Waals surface area contributed by atoms with Gasteiger partial charge in [-0.2, -0.15) is 0 Å². The van der Waals surface area contributed by atoms with Gasteiger partial charge in [0.05, 0.1) is 15.6 Å². The van der Waals surface area contributed by atoms with Gasteiger partial charge in [-0.3, -0.25) is 0 Å². The molecule has 3 N–H and O–H groups in total. The third-order valence-electron chi connectivity index (χ3n) is 1.42. The summed E-state index contributed by atoms with van der Waals surface area (Å²) >= 11 is 11.0. The number of halogens is 3. The fourth-order valence-corrected chi connectivity index (χ4v) is 1.09. The van der Waals surface area contributed by atoms with Gasteiger partial charge in [-0.1, -0.05) is 28.4 Å². The van der Waals surface area contributed by atoms with Crippen LogP contribution in [-0.2, 0) is 0 Å². The molecule has 0 aliphatic carbocycles. The monoisotopic (exact) mass is 222 g/mol. The molecular weight excluding hydrogens is 218 g/mol. The van der Waals surface area contributed by atoms with E-state index >= 15 is 0 Å². The number of oxime groups is 1. The Kier molecular flexibility index (Phi) is 2.95. The normalized spacial score (nSPS) is 11.8. The number of rotatable bonds is 1. The number of hydrogen-bond donors (Lipinski definition) is 2. The third-order valence-corrected chi connectivity index (χ3v) is 2.20. The van der Waals surface area contributed by atoms with E-state index in [0.717, 1.165) is 0 Å². The van der Waals surface area contributed by atoms with Crippen LogP contribution in [0, 0.1) is 5.82 Å². The topological polar surface area (TPSA) is 58.6 Å². The molecule has 70 valence electrons. The Balaban J connectivity index is 3.34. The van der Waals surface area contributed by atoms with Crippen LogP contribution in [0.25, 0.3) is 0 Å². The molecule has 6 heteroatoms. The minimum absolute atomic E-state index is 0.0775. The SMILES string of the molecule is N/C(=N\O)c1ccc(Cl)c(Cl)c1F. The molecule has 1 aromatic carbocycles. The smallest absolute Gasteiger partial charge is 0.173 e. The summed E-state index contributed by atoms with van der Waals surface area (Å²) in [5.74, 6) is -1.15. The first-order valence-corrected chi connectivity index (χ1v) is 3.95. The lowest BCUT2D eigenvalue weighted by molar-refractivity contribution is 0.318. The minimum atomic E-state index is -0.801. The molecule has 0 atom stereocenters. The van der Waals surface area contributed by atoms with E-state index in [9.17, 15) is 4.39 Å². The number of hydrogen-bond acceptors (Lipinski definition) is 2. The van der Waals surface area contributed by atoms with Crippen molar-refractivity contribution in [1.29, 1.82) is 0 Å². The van der Waals surface area contributed by atoms with Crippen LogP contribution in [0.1, 0.15) is 5.56 Å². The van der Waals surface area contributed by atoms with Gasteiger partial charge >= 0.3 is 0 Å². The van der Waals surface area contributed by atoms with Crippen LogP contribution >= 0.6 is 23.2 Å². The number of amidine groups is 1. The Morgan fingerprint density at radius 2 is 2.08 bits per heavy atom. The quantitative estimate of drug-likeness (QED) is 0.252. The molecule has 13 heavy (non-hydrogen) atoms. The van der Waals surface area contributed by atoms with Gasteiger partial charge in [0.1, 0.15) is 0 Å². The average Bonchev–Trinajstić information content (AvgIpc) is 2.13. The molecule has 0 saturated heterocycles. The van der Waals surface area contributed by atoms with E-state index in [1.807, 2.05) is 0 Å². The van der Waals surface area contributed by atoms with Crippen LogP contribution in [0.3, 0.4) is 0 Å². The van der Waals surface area contributed by atoms with E-state index in [4.69, 9.17) is 34.1 Å². The molecule has 0 bridgehead atoms. The van der Waals surface area contributed by atoms with E-state index in [2.05, 4.69) is 5.16 Å². The largest absolute Gasteiger partial charge is 0.409 e. The summed E-state index contributed by atoms with van der Waals surface area (Å²) in [4.78, 5) is 0. The molecule has 0 heterocycles. The zero-order valence-corrected chi connectivity index (χ0v) is 7.77. The van der Waals surface area contributed by atoms with Crippen molar-refractivity contribution in [3.63, 3.8) is 0 Å². The highest BCUT2D eigenvalue weighted by Gasteiger charge is 2.12. The average molecular weight is 223 g/mol. The van der Waals surface area contributed by atoms with Crippen molar-refractivity contribution in [1.82, 2.24) is 0 Å². The first-order chi connectivity index (χ1) is 6.07. The summed E-state index contributed by atoms with van der Waals surface area (Å²) in [5.41, 5.74) is 5.09. The van der Waals surface area contributed by atoms with Crippen LogP contribution in [0.4, 0.5) is 4.39 Å². The van der Waals surface area contributed by atoms with Crippen molar-refractivity contribution in [3.05, 3.63) is 33.6 Å². The fourth-order valence-electron chi connectivity index (χ4n) is 0.778. The molecule has 0 aliphatic rings. The summed E-state index contributed by atoms with van der Waals surface area (Å²) in [6.45, 7) is 0. The van der Waals surface area contributed by atoms with E-state index in [1.54, 1.807) is 0 Å². The van der Waals surface area contributed by atoms with E-state index in [-0.39, 0.29) is 21.4 Å². The zero-order valence-electron chi connectivity index (χ0n) is 6.26. The van der Waals surface area contributed by atoms with Crippen molar-refractivity contribution in [2.75, 3.05) is 0 Å². The molecule has 0 fully saturated rings. The molecular formula is C7H5Cl2FN2O. The van der Waals surface area contributed by atoms with Crippen LogP contribution in [0.2, 0.25) is 10.0 Å². The Labute approximate surface area is 83.6 Å². The molecule has 0 amide bonds. The summed E-state index contributed by atoms with van der Waals surface area (Å²) in [5, 5.41) is 10.8. The lowest BCUT2D eigenvalue weighted by atomic mass is 10.2. The van der Waals surface area contributed by atoms with Gasteiger partial charge in [0.25, 0.3) is 0 Å². The van der Waals surface area contributed by atoms with Gasteiger partial charge in [0, 0.05) is 0 Å². The van der Waals surface area contributed by atoms with Crippen molar-refractivity contribution < 1.29 is 9.60 Å². The lowest BCUT2D eigenvalue weighted by Crippen LogP contribution is -2.15. The highest BCUT2D eigenvalue weighted by Crippen LogP contribution is 2.26. The summed E-state index contributed by atoms with van der Waals surface area (Å²) in [7, 11) is 0. The number of nitrogens with two attached hydrogens (primary N) is 1. The van der Waals surface area contributed by atoms with Gasteiger partial charge < -0.3 is 10.9 Å². The minimum Gasteiger partial charge on any atom is -0.409 e. The lowest BCUT2D eigenvalue weighted by Gasteiger charge is -2.03. The van der Waals surface area contributed by atoms with Crippen molar-refractivity contribution in [2.45, 2.75) is 0 Å². The molecule has 1 aromatic rings. The van der Waals surface area contributed by atoms with Gasteiger partial charge in [-0.15, -0.1) is 0 Å². The molecule has 0 aromatic heterocycles. The Hall–Kier alpha value is -1.000. The maximum atomic E-state index is 13.2. The Bertz CT molecular complexity index is 368. The Morgan fingerprint density at radius 3 is 2.62 bits per heavy atom. The zero-order chi connectivity index (χ0) is 10.0. The summed E-state index contributed by atoms with van der Waals surface area (Å²) < 4.78 is 13.2. The predicted octanol–water partition coefficient (Wildman–Crippen LogP) is 2.23. The Morgan fingerprint density at radius 1 is 1.46 bits per heavy atom. The third kappa shape index (κ3) is 1.84. The van der Waals surface area contributed by atoms with Crippen molar-refractivity contribution in [3.8, 4) is 0 Å². The molecule has 0 radical (unpaired) electrons. The van der Waals surface area contributed by atoms with Gasteiger partial charge in [0.15, 0.2) is 11.7 Å². The van der Waals surface area contributed by atoms with E-state index in [0.29, 0.717) is 0 Å². The maximum Gasteiger partial charge on any atom is 0.173 e. The highest BCUT2D eigenvalue weighted by molar-refractivity contribution is 6.42. The summed E-state index contributed by atoms with van der Waals surface area (Å²) in [6.07, 6.45) is 0. The van der Waals surface area contributed by atoms with Crippen molar-refractivity contribution >= 4 is 29.0 Å². The second-order valence-electron chi connectivity index (χ2n) is 2.21. The first kappa shape index (κ1) is 10.1. The van der Waals surface area contributed by atoms with Crippen LogP contribution in [-0.4, -0.2) is 11.0 Å². The molecule has 0 aliphatic heterocycles. The van der Waals surface area contributed by atoms with E-state index < -0.39 is 5.82 Å². The molecule has 1 rings (SSSR count). The summed E-state index contributed by atoms with van der Waals surface area (Å²) in [6, 6.07) is 2.64. The maximum absolute atomic E-state index is 13.2. The van der Waals surface area contributed by atoms with Crippen LogP contribution < -0.4 is 5.73 Å². The molecule has 0 saturated carbocycles. The van der Waals surface area contributed by atoms with Crippen LogP contribution in [0.5, 0.6) is 0 Å². The van der Waals surface area contributed by atoms with Crippen molar-refractivity contribution in [2.24, 2.45) is 10.9 Å². The van der Waals surface area contributed by atoms with Gasteiger partial charge in [-0.05, 0) is 12.1 Å². The first-order valence-electron chi connectivity index (χ1n) is 3.19. The van der Waals surface area contributed by atoms with Gasteiger partial charge in [-0.25, -0.2) is 4.39 Å². The van der Waals surface area contributed by atoms with Crippen LogP contribution in [0.15, 0.2) is 17.3 Å². The van der Waals surface area contributed by atoms with Gasteiger partial charge in [0.2, 0.25) is 0 Å². The fraction of sp³-hybridized carbons (Fsp3) is 0.